The van der Waals surface area contributed by atoms with E-state index in [2.05, 4.69) is 9.97 Å². The fraction of sp³-hybridized carbons (Fsp3) is 0.364. The largest absolute Gasteiger partial charge is 0.494 e. The Bertz CT molecular complexity index is 459. The molecule has 0 atom stereocenters. The van der Waals surface area contributed by atoms with Crippen LogP contribution < -0.4 is 9.47 Å². The lowest BCUT2D eigenvalue weighted by atomic mass is 10.1. The zero-order valence-electron chi connectivity index (χ0n) is 9.34. The molecular weight excluding hydrogens is 192 g/mol. The first-order valence-corrected chi connectivity index (χ1v) is 4.75. The number of nitrogens with zero attached hydrogens (tertiary/aromatic N) is 1. The molecule has 1 heterocycles. The molecule has 4 heteroatoms. The van der Waals surface area contributed by atoms with E-state index in [1.165, 1.54) is 0 Å². The quantitative estimate of drug-likeness (QED) is 0.819. The van der Waals surface area contributed by atoms with Gasteiger partial charge in [-0.05, 0) is 19.4 Å². The van der Waals surface area contributed by atoms with Crippen molar-refractivity contribution < 1.29 is 9.47 Å². The normalized spacial score (nSPS) is 10.7. The lowest BCUT2D eigenvalue weighted by Gasteiger charge is -2.12. The molecule has 0 amide bonds. The molecule has 15 heavy (non-hydrogen) atoms. The van der Waals surface area contributed by atoms with E-state index < -0.39 is 0 Å². The van der Waals surface area contributed by atoms with E-state index >= 15 is 0 Å². The van der Waals surface area contributed by atoms with E-state index in [0.717, 1.165) is 33.7 Å². The molecular formula is C11H14N2O2. The van der Waals surface area contributed by atoms with Gasteiger partial charge in [0.05, 0.1) is 20.5 Å². The second kappa shape index (κ2) is 3.46. The molecule has 0 spiro atoms. The van der Waals surface area contributed by atoms with Crippen LogP contribution >= 0.6 is 0 Å². The molecule has 0 saturated heterocycles. The third-order valence-corrected chi connectivity index (χ3v) is 2.73. The van der Waals surface area contributed by atoms with Gasteiger partial charge in [0, 0.05) is 5.56 Å². The molecule has 80 valence electrons. The second-order valence-electron chi connectivity index (χ2n) is 3.44. The Kier molecular flexibility index (Phi) is 2.26. The van der Waals surface area contributed by atoms with Gasteiger partial charge >= 0.3 is 0 Å². The number of aromatic nitrogens is 2. The maximum atomic E-state index is 5.37. The summed E-state index contributed by atoms with van der Waals surface area (Å²) in [5.41, 5.74) is 3.84. The Morgan fingerprint density at radius 2 is 1.67 bits per heavy atom. The summed E-state index contributed by atoms with van der Waals surface area (Å²) in [5.74, 6) is 1.64. The summed E-state index contributed by atoms with van der Waals surface area (Å²) in [4.78, 5) is 7.31. The molecule has 1 aromatic carbocycles. The lowest BCUT2D eigenvalue weighted by Crippen LogP contribution is -1.96. The van der Waals surface area contributed by atoms with Gasteiger partial charge in [-0.25, -0.2) is 4.98 Å². The number of ether oxygens (including phenoxy) is 2. The molecule has 0 fully saturated rings. The number of imidazole rings is 1. The van der Waals surface area contributed by atoms with Crippen molar-refractivity contribution in [2.45, 2.75) is 13.8 Å². The fourth-order valence-corrected chi connectivity index (χ4v) is 1.85. The summed E-state index contributed by atoms with van der Waals surface area (Å²) in [6, 6.07) is 0. The number of aromatic amines is 1. The topological polar surface area (TPSA) is 47.1 Å². The van der Waals surface area contributed by atoms with Gasteiger partial charge in [0.15, 0.2) is 0 Å². The predicted molar refractivity (Wildman–Crippen MR) is 58.7 cm³/mol. The Morgan fingerprint density at radius 1 is 1.07 bits per heavy atom. The van der Waals surface area contributed by atoms with Crippen LogP contribution in [0.3, 0.4) is 0 Å². The van der Waals surface area contributed by atoms with Gasteiger partial charge in [0.25, 0.3) is 0 Å². The predicted octanol–water partition coefficient (Wildman–Crippen LogP) is 2.20. The van der Waals surface area contributed by atoms with Gasteiger partial charge in [0.1, 0.15) is 22.5 Å². The van der Waals surface area contributed by atoms with Gasteiger partial charge in [0.2, 0.25) is 0 Å². The second-order valence-corrected chi connectivity index (χ2v) is 3.44. The van der Waals surface area contributed by atoms with Crippen LogP contribution in [0.4, 0.5) is 0 Å². The monoisotopic (exact) mass is 206 g/mol. The molecule has 0 aliphatic rings. The third kappa shape index (κ3) is 1.25. The van der Waals surface area contributed by atoms with Crippen LogP contribution in [0.2, 0.25) is 0 Å². The van der Waals surface area contributed by atoms with Gasteiger partial charge in [-0.1, -0.05) is 0 Å². The molecule has 0 radical (unpaired) electrons. The van der Waals surface area contributed by atoms with Crippen molar-refractivity contribution in [3.8, 4) is 11.5 Å². The summed E-state index contributed by atoms with van der Waals surface area (Å²) in [5, 5.41) is 0. The van der Waals surface area contributed by atoms with Crippen LogP contribution in [0.5, 0.6) is 11.5 Å². The fourth-order valence-electron chi connectivity index (χ4n) is 1.85. The minimum Gasteiger partial charge on any atom is -0.494 e. The van der Waals surface area contributed by atoms with Crippen molar-refractivity contribution in [1.82, 2.24) is 9.97 Å². The van der Waals surface area contributed by atoms with Crippen LogP contribution in [-0.2, 0) is 0 Å². The van der Waals surface area contributed by atoms with Crippen LogP contribution in [0, 0.1) is 13.8 Å². The Hall–Kier alpha value is -1.71. The third-order valence-electron chi connectivity index (χ3n) is 2.73. The maximum Gasteiger partial charge on any atom is 0.150 e. The van der Waals surface area contributed by atoms with E-state index in [-0.39, 0.29) is 0 Å². The van der Waals surface area contributed by atoms with E-state index in [9.17, 15) is 0 Å². The average Bonchev–Trinajstić information content (AvgIpc) is 2.69. The Labute approximate surface area is 88.2 Å². The molecule has 4 nitrogen and oxygen atoms in total. The highest BCUT2D eigenvalue weighted by Crippen LogP contribution is 2.37. The number of hydrogen-bond donors (Lipinski definition) is 1. The summed E-state index contributed by atoms with van der Waals surface area (Å²) in [6.45, 7) is 4.02. The van der Waals surface area contributed by atoms with Gasteiger partial charge in [-0.3, -0.25) is 0 Å². The molecule has 0 aliphatic carbocycles. The molecule has 0 unspecified atom stereocenters. The van der Waals surface area contributed by atoms with Crippen molar-refractivity contribution in [3.05, 3.63) is 17.5 Å². The number of rotatable bonds is 2. The molecule has 2 aromatic rings. The number of nitrogens with one attached hydrogen (secondary N) is 1. The van der Waals surface area contributed by atoms with Crippen LogP contribution in [0.25, 0.3) is 11.0 Å². The van der Waals surface area contributed by atoms with Crippen molar-refractivity contribution in [1.29, 1.82) is 0 Å². The molecule has 0 bridgehead atoms. The standard InChI is InChI=1S/C11H14N2O2/c1-6-7(2)11(15-4)9-8(10(6)14-3)12-5-13-9/h5H,1-4H3,(H,12,13). The highest BCUT2D eigenvalue weighted by atomic mass is 16.5. The summed E-state index contributed by atoms with van der Waals surface area (Å²) in [7, 11) is 3.32. The Balaban J connectivity index is 2.91. The van der Waals surface area contributed by atoms with Crippen LogP contribution in [-0.4, -0.2) is 24.2 Å². The molecule has 0 aliphatic heterocycles. The number of fused-ring (bicyclic) bond motifs is 1. The van der Waals surface area contributed by atoms with E-state index in [4.69, 9.17) is 9.47 Å². The molecule has 0 saturated carbocycles. The van der Waals surface area contributed by atoms with E-state index in [0.29, 0.717) is 0 Å². The molecule has 1 N–H and O–H groups in total. The van der Waals surface area contributed by atoms with Crippen molar-refractivity contribution >= 4 is 11.0 Å². The first-order chi connectivity index (χ1) is 7.20. The minimum atomic E-state index is 0.810. The zero-order chi connectivity index (χ0) is 11.0. The van der Waals surface area contributed by atoms with Gasteiger partial charge < -0.3 is 14.5 Å². The smallest absolute Gasteiger partial charge is 0.150 e. The maximum absolute atomic E-state index is 5.37. The number of H-pyrrole nitrogens is 1. The summed E-state index contributed by atoms with van der Waals surface area (Å²) >= 11 is 0. The molecule has 1 aromatic heterocycles. The summed E-state index contributed by atoms with van der Waals surface area (Å²) < 4.78 is 10.7. The highest BCUT2D eigenvalue weighted by molar-refractivity contribution is 5.90. The summed E-state index contributed by atoms with van der Waals surface area (Å²) in [6.07, 6.45) is 1.65. The van der Waals surface area contributed by atoms with Gasteiger partial charge in [-0.15, -0.1) is 0 Å². The van der Waals surface area contributed by atoms with Crippen molar-refractivity contribution in [2.75, 3.05) is 14.2 Å². The Morgan fingerprint density at radius 3 is 2.27 bits per heavy atom. The highest BCUT2D eigenvalue weighted by Gasteiger charge is 2.16. The van der Waals surface area contributed by atoms with E-state index in [1.54, 1.807) is 20.5 Å². The minimum absolute atomic E-state index is 0.810. The number of methoxy groups -OCH3 is 2. The van der Waals surface area contributed by atoms with Gasteiger partial charge in [-0.2, -0.15) is 0 Å². The zero-order valence-corrected chi connectivity index (χ0v) is 9.34. The number of hydrogen-bond acceptors (Lipinski definition) is 3. The first kappa shape index (κ1) is 9.83. The number of benzene rings is 1. The first-order valence-electron chi connectivity index (χ1n) is 4.75. The average molecular weight is 206 g/mol. The van der Waals surface area contributed by atoms with Crippen LogP contribution in [0.15, 0.2) is 6.33 Å². The van der Waals surface area contributed by atoms with E-state index in [1.807, 2.05) is 13.8 Å². The van der Waals surface area contributed by atoms with Crippen LogP contribution in [0.1, 0.15) is 11.1 Å². The molecule has 2 rings (SSSR count). The SMILES string of the molecule is COc1c(C)c(C)c(OC)c2[nH]cnc12. The van der Waals surface area contributed by atoms with Crippen molar-refractivity contribution in [3.63, 3.8) is 0 Å². The van der Waals surface area contributed by atoms with Crippen molar-refractivity contribution in [2.24, 2.45) is 0 Å². The lowest BCUT2D eigenvalue weighted by molar-refractivity contribution is 0.404.